The summed E-state index contributed by atoms with van der Waals surface area (Å²) in [6.07, 6.45) is 5.25. The van der Waals surface area contributed by atoms with Crippen molar-refractivity contribution >= 4 is 106 Å². The lowest BCUT2D eigenvalue weighted by Gasteiger charge is -2.13. The van der Waals surface area contributed by atoms with Crippen LogP contribution < -0.4 is 10.6 Å². The van der Waals surface area contributed by atoms with Crippen molar-refractivity contribution < 1.29 is 55.6 Å². The van der Waals surface area contributed by atoms with E-state index in [1.807, 2.05) is 0 Å². The number of carbonyl (C=O) groups is 3. The fourth-order valence-corrected chi connectivity index (χ4v) is 6.96. The van der Waals surface area contributed by atoms with E-state index in [-0.39, 0.29) is 50.1 Å². The number of benzene rings is 6. The van der Waals surface area contributed by atoms with Gasteiger partial charge >= 0.3 is 12.0 Å². The van der Waals surface area contributed by atoms with E-state index in [1.165, 1.54) is 91.9 Å². The van der Waals surface area contributed by atoms with Crippen LogP contribution >= 0.6 is 0 Å². The molecule has 0 aliphatic rings. The third-order valence-electron chi connectivity index (χ3n) is 8.42. The van der Waals surface area contributed by atoms with Crippen LogP contribution in [-0.2, 0) is 29.8 Å². The second kappa shape index (κ2) is 17.1. The van der Waals surface area contributed by atoms with Crippen LogP contribution in [0.5, 0.6) is 11.5 Å². The molecule has 0 aliphatic heterocycles. The Hall–Kier alpha value is -7.65. The molecular formula is C40H30N6O12S2. The number of ketones is 1. The third kappa shape index (κ3) is 10.1. The van der Waals surface area contributed by atoms with Gasteiger partial charge in [-0.3, -0.25) is 13.9 Å². The zero-order valence-corrected chi connectivity index (χ0v) is 32.4. The molecule has 20 heteroatoms. The number of phenols is 2. The predicted molar refractivity (Wildman–Crippen MR) is 221 cm³/mol. The Morgan fingerprint density at radius 1 is 0.567 bits per heavy atom. The van der Waals surface area contributed by atoms with Crippen LogP contribution in [0.1, 0.15) is 18.1 Å². The number of carboxylic acid groups (broad SMARTS) is 1. The number of aliphatic carboxylic acids is 1. The summed E-state index contributed by atoms with van der Waals surface area (Å²) in [6.45, 7) is 1.40. The van der Waals surface area contributed by atoms with Crippen LogP contribution in [0.4, 0.5) is 38.9 Å². The number of hydrogen-bond acceptors (Lipinski definition) is 13. The smallest absolute Gasteiger partial charge is 0.328 e. The molecule has 2 amide bonds. The molecule has 304 valence electrons. The van der Waals surface area contributed by atoms with Crippen molar-refractivity contribution in [3.8, 4) is 11.5 Å². The van der Waals surface area contributed by atoms with E-state index in [0.29, 0.717) is 11.1 Å². The molecule has 6 aromatic carbocycles. The van der Waals surface area contributed by atoms with Crippen molar-refractivity contribution in [2.24, 2.45) is 20.5 Å². The van der Waals surface area contributed by atoms with Crippen molar-refractivity contribution in [2.75, 3.05) is 10.6 Å². The minimum atomic E-state index is -4.98. The van der Waals surface area contributed by atoms with Crippen molar-refractivity contribution in [1.29, 1.82) is 0 Å². The van der Waals surface area contributed by atoms with Crippen LogP contribution in [0.25, 0.3) is 33.7 Å². The third-order valence-corrected chi connectivity index (χ3v) is 10.2. The summed E-state index contributed by atoms with van der Waals surface area (Å²) in [5.41, 5.74) is 0.805. The van der Waals surface area contributed by atoms with E-state index in [4.69, 9.17) is 5.11 Å². The number of nitrogens with one attached hydrogen (secondary N) is 2. The number of nitrogens with zero attached hydrogens (tertiary/aromatic N) is 4. The molecule has 6 rings (SSSR count). The number of fused-ring (bicyclic) bond motifs is 2. The number of rotatable bonds is 12. The van der Waals surface area contributed by atoms with Crippen LogP contribution in [0.3, 0.4) is 0 Å². The molecule has 0 spiro atoms. The largest absolute Gasteiger partial charge is 0.505 e. The summed E-state index contributed by atoms with van der Waals surface area (Å²) in [6, 6.07) is 21.7. The Kier molecular flexibility index (Phi) is 11.9. The number of anilines is 2. The first-order valence-corrected chi connectivity index (χ1v) is 20.0. The molecule has 0 atom stereocenters. The molecule has 18 nitrogen and oxygen atoms in total. The monoisotopic (exact) mass is 850 g/mol. The highest BCUT2D eigenvalue weighted by Crippen LogP contribution is 2.43. The van der Waals surface area contributed by atoms with E-state index in [2.05, 4.69) is 31.1 Å². The quantitative estimate of drug-likeness (QED) is 0.0345. The normalized spacial score (nSPS) is 12.3. The molecule has 0 aliphatic carbocycles. The van der Waals surface area contributed by atoms with Gasteiger partial charge in [0.2, 0.25) is 0 Å². The number of azo groups is 2. The van der Waals surface area contributed by atoms with E-state index in [1.54, 1.807) is 18.2 Å². The lowest BCUT2D eigenvalue weighted by atomic mass is 10.1. The molecule has 0 bridgehead atoms. The zero-order chi connectivity index (χ0) is 43.4. The molecule has 6 aromatic rings. The molecule has 0 saturated carbocycles. The Labute approximate surface area is 340 Å². The molecule has 7 N–H and O–H groups in total. The minimum absolute atomic E-state index is 0.0668. The topological polar surface area (TPSA) is 294 Å². The molecule has 0 fully saturated rings. The van der Waals surface area contributed by atoms with Crippen LogP contribution in [-0.4, -0.2) is 59.0 Å². The summed E-state index contributed by atoms with van der Waals surface area (Å²) < 4.78 is 69.5. The maximum Gasteiger partial charge on any atom is 0.328 e. The molecule has 0 heterocycles. The van der Waals surface area contributed by atoms with Gasteiger partial charge in [-0.05, 0) is 114 Å². The fraction of sp³-hybridized carbons (Fsp3) is 0.0250. The van der Waals surface area contributed by atoms with Gasteiger partial charge in [-0.25, -0.2) is 9.59 Å². The Bertz CT molecular complexity index is 2870. The summed E-state index contributed by atoms with van der Waals surface area (Å²) in [5, 5.41) is 51.9. The highest BCUT2D eigenvalue weighted by atomic mass is 32.2. The number of aromatic hydroxyl groups is 2. The fourth-order valence-electron chi connectivity index (χ4n) is 5.64. The average Bonchev–Trinajstić information content (AvgIpc) is 3.18. The molecule has 0 saturated heterocycles. The second-order valence-electron chi connectivity index (χ2n) is 12.7. The van der Waals surface area contributed by atoms with Gasteiger partial charge in [0.1, 0.15) is 21.2 Å². The lowest BCUT2D eigenvalue weighted by molar-refractivity contribution is -0.131. The van der Waals surface area contributed by atoms with Crippen molar-refractivity contribution in [1.82, 2.24) is 0 Å². The second-order valence-corrected chi connectivity index (χ2v) is 15.5. The van der Waals surface area contributed by atoms with Crippen molar-refractivity contribution in [2.45, 2.75) is 16.7 Å². The summed E-state index contributed by atoms with van der Waals surface area (Å²) in [7, 11) is -9.94. The zero-order valence-electron chi connectivity index (χ0n) is 30.7. The summed E-state index contributed by atoms with van der Waals surface area (Å²) in [4.78, 5) is 33.4. The number of allylic oxidation sites excluding steroid dienone is 1. The van der Waals surface area contributed by atoms with Gasteiger partial charge in [0.05, 0.1) is 11.4 Å². The maximum atomic E-state index is 13.1. The highest BCUT2D eigenvalue weighted by molar-refractivity contribution is 7.86. The SMILES string of the molecule is CC(=O)/C=C/c1ccc(/N=N/c2c(S(=O)(=O)O)cc3cc(NC(=O)Nc4ccc5c(O)c(/N=N/c6ccc(/C=C/C(=O)O)cc6)c(S(=O)(=O)O)cc5c4)ccc3c2O)cc1. The average molecular weight is 851 g/mol. The first-order valence-electron chi connectivity index (χ1n) is 17.1. The minimum Gasteiger partial charge on any atom is -0.505 e. The van der Waals surface area contributed by atoms with E-state index < -0.39 is 64.9 Å². The number of phenolic OH excluding ortho intramolecular Hbond substituents is 2. The van der Waals surface area contributed by atoms with Gasteiger partial charge in [-0.2, -0.15) is 27.1 Å². The van der Waals surface area contributed by atoms with Gasteiger partial charge in [-0.1, -0.05) is 30.3 Å². The Morgan fingerprint density at radius 2 is 0.967 bits per heavy atom. The standard InChI is InChI=1S/C40H30N6O12S2/c1-22(47)2-3-23-4-9-27(10-5-23)43-45-36-33(59(53,54)55)20-25-18-29(13-15-31(25)38(36)50)41-40(52)42-30-14-16-32-26(19-30)21-34(60(56,57)58)37(39(32)51)46-44-28-11-6-24(7-12-28)8-17-35(48)49/h2-21,50-51H,1H3,(H,48,49)(H2,41,42,52)(H,53,54,55)(H,56,57,58)/b3-2+,17-8+,45-43+,46-44+. The Balaban J connectivity index is 1.23. The van der Waals surface area contributed by atoms with Crippen LogP contribution in [0, 0.1) is 0 Å². The van der Waals surface area contributed by atoms with Gasteiger partial charge in [0.15, 0.2) is 17.3 Å². The lowest BCUT2D eigenvalue weighted by Crippen LogP contribution is -2.19. The summed E-state index contributed by atoms with van der Waals surface area (Å²) >= 11 is 0. The van der Waals surface area contributed by atoms with Gasteiger partial charge in [0, 0.05) is 28.2 Å². The van der Waals surface area contributed by atoms with Crippen molar-refractivity contribution in [3.05, 3.63) is 120 Å². The van der Waals surface area contributed by atoms with Crippen LogP contribution in [0.15, 0.2) is 139 Å². The van der Waals surface area contributed by atoms with E-state index >= 15 is 0 Å². The predicted octanol–water partition coefficient (Wildman–Crippen LogP) is 9.07. The van der Waals surface area contributed by atoms with Crippen LogP contribution in [0.2, 0.25) is 0 Å². The number of urea groups is 1. The number of amides is 2. The number of carboxylic acids is 1. The first kappa shape index (κ1) is 42.0. The maximum absolute atomic E-state index is 13.1. The van der Waals surface area contributed by atoms with E-state index in [0.717, 1.165) is 18.2 Å². The Morgan fingerprint density at radius 3 is 1.33 bits per heavy atom. The van der Waals surface area contributed by atoms with Gasteiger partial charge in [-0.15, -0.1) is 10.2 Å². The molecule has 0 aromatic heterocycles. The molecular weight excluding hydrogens is 821 g/mol. The molecule has 0 radical (unpaired) electrons. The first-order chi connectivity index (χ1) is 28.3. The summed E-state index contributed by atoms with van der Waals surface area (Å²) in [5.74, 6) is -2.56. The van der Waals surface area contributed by atoms with Gasteiger partial charge in [0.25, 0.3) is 20.2 Å². The number of hydrogen-bond donors (Lipinski definition) is 7. The highest BCUT2D eigenvalue weighted by Gasteiger charge is 2.24. The number of carbonyl (C=O) groups excluding carboxylic acids is 2. The van der Waals surface area contributed by atoms with E-state index in [9.17, 15) is 50.5 Å². The van der Waals surface area contributed by atoms with Gasteiger partial charge < -0.3 is 26.0 Å². The van der Waals surface area contributed by atoms with Crippen molar-refractivity contribution in [3.63, 3.8) is 0 Å². The molecule has 60 heavy (non-hydrogen) atoms. The molecule has 0 unspecified atom stereocenters.